The predicted octanol–water partition coefficient (Wildman–Crippen LogP) is 1.99. The van der Waals surface area contributed by atoms with Gasteiger partial charge in [-0.15, -0.1) is 10.2 Å². The maximum Gasteiger partial charge on any atom is 0.194 e. The molecule has 2 aromatic heterocycles. The second-order valence-corrected chi connectivity index (χ2v) is 7.58. The minimum Gasteiger partial charge on any atom is -0.349 e. The van der Waals surface area contributed by atoms with Crippen LogP contribution in [0.2, 0.25) is 0 Å². The fourth-order valence-electron chi connectivity index (χ4n) is 3.66. The lowest BCUT2D eigenvalue weighted by Crippen LogP contribution is -2.40. The molecule has 0 bridgehead atoms. The summed E-state index contributed by atoms with van der Waals surface area (Å²) in [4.78, 5) is 7.25. The summed E-state index contributed by atoms with van der Waals surface area (Å²) >= 11 is 0. The molecule has 29 heavy (non-hydrogen) atoms. The number of rotatable bonds is 5. The molecular weight excluding hydrogens is 364 g/mol. The first-order valence-corrected chi connectivity index (χ1v) is 10.0. The zero-order chi connectivity index (χ0) is 20.2. The summed E-state index contributed by atoms with van der Waals surface area (Å²) in [6.07, 6.45) is 5.19. The molecule has 1 aromatic carbocycles. The van der Waals surface area contributed by atoms with Gasteiger partial charge < -0.3 is 14.8 Å². The zero-order valence-electron chi connectivity index (χ0n) is 17.3. The van der Waals surface area contributed by atoms with Crippen molar-refractivity contribution in [2.24, 2.45) is 19.1 Å². The third-order valence-electron chi connectivity index (χ3n) is 5.53. The van der Waals surface area contributed by atoms with Crippen molar-refractivity contribution in [1.82, 2.24) is 34.8 Å². The minimum atomic E-state index is 0.476. The summed E-state index contributed by atoms with van der Waals surface area (Å²) in [5.41, 5.74) is 2.49. The van der Waals surface area contributed by atoms with Gasteiger partial charge in [0.1, 0.15) is 5.82 Å². The molecule has 0 spiro atoms. The lowest BCUT2D eigenvalue weighted by molar-refractivity contribution is 0.481. The highest BCUT2D eigenvalue weighted by Gasteiger charge is 2.27. The van der Waals surface area contributed by atoms with Crippen LogP contribution in [0.25, 0.3) is 0 Å². The summed E-state index contributed by atoms with van der Waals surface area (Å²) in [6.45, 7) is 5.11. The Morgan fingerprint density at radius 1 is 1.21 bits per heavy atom. The van der Waals surface area contributed by atoms with E-state index in [9.17, 15) is 0 Å². The van der Waals surface area contributed by atoms with Crippen molar-refractivity contribution in [2.75, 3.05) is 13.1 Å². The number of aromatic nitrogens is 5. The fraction of sp³-hybridized carbons (Fsp3) is 0.429. The molecule has 1 aliphatic rings. The van der Waals surface area contributed by atoms with Crippen molar-refractivity contribution < 1.29 is 0 Å². The lowest BCUT2D eigenvalue weighted by atomic mass is 10.0. The molecule has 1 saturated heterocycles. The molecule has 0 saturated carbocycles. The summed E-state index contributed by atoms with van der Waals surface area (Å²) in [7, 11) is 3.95. The molecule has 152 valence electrons. The topological polar surface area (TPSA) is 76.2 Å². The molecular formula is C21H28N8. The quantitative estimate of drug-likeness (QED) is 0.531. The Labute approximate surface area is 171 Å². The van der Waals surface area contributed by atoms with E-state index >= 15 is 0 Å². The molecule has 0 aliphatic carbocycles. The van der Waals surface area contributed by atoms with Gasteiger partial charge in [-0.3, -0.25) is 4.68 Å². The van der Waals surface area contributed by atoms with Gasteiger partial charge in [0.15, 0.2) is 11.8 Å². The van der Waals surface area contributed by atoms with Crippen molar-refractivity contribution in [3.8, 4) is 0 Å². The normalized spacial score (nSPS) is 17.1. The second kappa shape index (κ2) is 8.46. The Hall–Kier alpha value is -3.16. The monoisotopic (exact) mass is 392 g/mol. The van der Waals surface area contributed by atoms with Gasteiger partial charge in [-0.25, -0.2) is 4.99 Å². The molecule has 1 atom stereocenters. The van der Waals surface area contributed by atoms with E-state index in [4.69, 9.17) is 4.99 Å². The van der Waals surface area contributed by atoms with Crippen LogP contribution in [0.1, 0.15) is 35.1 Å². The Morgan fingerprint density at radius 3 is 2.72 bits per heavy atom. The number of nitrogens with one attached hydrogen (secondary N) is 1. The van der Waals surface area contributed by atoms with E-state index < -0.39 is 0 Å². The lowest BCUT2D eigenvalue weighted by Gasteiger charge is -2.22. The Morgan fingerprint density at radius 2 is 2.03 bits per heavy atom. The van der Waals surface area contributed by atoms with Crippen molar-refractivity contribution in [3.05, 3.63) is 65.5 Å². The average molecular weight is 393 g/mol. The number of likely N-dealkylation sites (tertiary alicyclic amines) is 1. The molecule has 0 amide bonds. The number of aliphatic imine (C=N–C) groups is 1. The van der Waals surface area contributed by atoms with Crippen LogP contribution in [-0.2, 0) is 27.2 Å². The van der Waals surface area contributed by atoms with Gasteiger partial charge in [0.05, 0.1) is 19.3 Å². The Kier molecular flexibility index (Phi) is 5.59. The first kappa shape index (κ1) is 19.2. The zero-order valence-corrected chi connectivity index (χ0v) is 17.3. The van der Waals surface area contributed by atoms with Gasteiger partial charge in [0.25, 0.3) is 0 Å². The third kappa shape index (κ3) is 4.47. The van der Waals surface area contributed by atoms with Gasteiger partial charge in [-0.1, -0.05) is 30.3 Å². The highest BCUT2D eigenvalue weighted by Crippen LogP contribution is 2.26. The molecule has 4 rings (SSSR count). The van der Waals surface area contributed by atoms with E-state index in [1.807, 2.05) is 42.5 Å². The number of benzene rings is 1. The third-order valence-corrected chi connectivity index (χ3v) is 5.53. The molecule has 8 nitrogen and oxygen atoms in total. The summed E-state index contributed by atoms with van der Waals surface area (Å²) in [5, 5.41) is 16.3. The SMILES string of the molecule is Cc1nnc(CNC(=NCc2ccccc2)N2CCC(c3cnn(C)c3)C2)n1C. The number of hydrogen-bond donors (Lipinski definition) is 1. The van der Waals surface area contributed by atoms with Crippen LogP contribution in [0.3, 0.4) is 0 Å². The number of nitrogens with zero attached hydrogens (tertiary/aromatic N) is 7. The standard InChI is InChI=1S/C21H28N8/c1-16-25-26-20(28(16)3)13-23-21(22-11-17-7-5-4-6-8-17)29-10-9-18(15-29)19-12-24-27(2)14-19/h4-8,12,14,18H,9-11,13,15H2,1-3H3,(H,22,23). The van der Waals surface area contributed by atoms with Gasteiger partial charge in [-0.05, 0) is 24.5 Å². The second-order valence-electron chi connectivity index (χ2n) is 7.58. The van der Waals surface area contributed by atoms with Crippen LogP contribution in [0, 0.1) is 6.92 Å². The maximum absolute atomic E-state index is 4.91. The molecule has 0 radical (unpaired) electrons. The molecule has 1 aliphatic heterocycles. The van der Waals surface area contributed by atoms with Gasteiger partial charge in [-0.2, -0.15) is 5.10 Å². The van der Waals surface area contributed by atoms with Crippen molar-refractivity contribution >= 4 is 5.96 Å². The van der Waals surface area contributed by atoms with E-state index in [1.165, 1.54) is 11.1 Å². The molecule has 3 heterocycles. The molecule has 1 unspecified atom stereocenters. The molecule has 1 N–H and O–H groups in total. The summed E-state index contributed by atoms with van der Waals surface area (Å²) in [6, 6.07) is 10.3. The van der Waals surface area contributed by atoms with Crippen LogP contribution >= 0.6 is 0 Å². The van der Waals surface area contributed by atoms with E-state index in [-0.39, 0.29) is 0 Å². The Balaban J connectivity index is 1.49. The van der Waals surface area contributed by atoms with Crippen molar-refractivity contribution in [1.29, 1.82) is 0 Å². The van der Waals surface area contributed by atoms with E-state index in [2.05, 4.69) is 56.0 Å². The average Bonchev–Trinajstić information content (AvgIpc) is 3.45. The number of guanidine groups is 1. The summed E-state index contributed by atoms with van der Waals surface area (Å²) in [5.74, 6) is 3.20. The van der Waals surface area contributed by atoms with Crippen LogP contribution < -0.4 is 5.32 Å². The highest BCUT2D eigenvalue weighted by molar-refractivity contribution is 5.80. The van der Waals surface area contributed by atoms with Crippen LogP contribution in [0.15, 0.2) is 47.7 Å². The first-order chi connectivity index (χ1) is 14.1. The predicted molar refractivity (Wildman–Crippen MR) is 112 cm³/mol. The highest BCUT2D eigenvalue weighted by atomic mass is 15.3. The van der Waals surface area contributed by atoms with Crippen LogP contribution in [-0.4, -0.2) is 48.5 Å². The van der Waals surface area contributed by atoms with Gasteiger partial charge >= 0.3 is 0 Å². The smallest absolute Gasteiger partial charge is 0.194 e. The van der Waals surface area contributed by atoms with Crippen LogP contribution in [0.5, 0.6) is 0 Å². The summed E-state index contributed by atoms with van der Waals surface area (Å²) < 4.78 is 3.88. The van der Waals surface area contributed by atoms with Crippen LogP contribution in [0.4, 0.5) is 0 Å². The number of aryl methyl sites for hydroxylation is 2. The fourth-order valence-corrected chi connectivity index (χ4v) is 3.66. The Bertz CT molecular complexity index is 972. The molecule has 1 fully saturated rings. The van der Waals surface area contributed by atoms with E-state index in [0.717, 1.165) is 37.1 Å². The van der Waals surface area contributed by atoms with Crippen molar-refractivity contribution in [2.45, 2.75) is 32.4 Å². The largest absolute Gasteiger partial charge is 0.349 e. The van der Waals surface area contributed by atoms with Gasteiger partial charge in [0, 0.05) is 39.3 Å². The van der Waals surface area contributed by atoms with Crippen molar-refractivity contribution in [3.63, 3.8) is 0 Å². The van der Waals surface area contributed by atoms with E-state index in [0.29, 0.717) is 19.0 Å². The molecule has 3 aromatic rings. The van der Waals surface area contributed by atoms with Gasteiger partial charge in [0.2, 0.25) is 0 Å². The molecule has 8 heteroatoms. The maximum atomic E-state index is 4.91. The minimum absolute atomic E-state index is 0.476. The number of hydrogen-bond acceptors (Lipinski definition) is 4. The first-order valence-electron chi connectivity index (χ1n) is 10.0. The van der Waals surface area contributed by atoms with E-state index in [1.54, 1.807) is 0 Å².